The van der Waals surface area contributed by atoms with Crippen molar-refractivity contribution in [2.45, 2.75) is 37.1 Å². The van der Waals surface area contributed by atoms with E-state index >= 15 is 0 Å². The van der Waals surface area contributed by atoms with Gasteiger partial charge in [0, 0.05) is 18.5 Å². The second-order valence-electron chi connectivity index (χ2n) is 7.01. The summed E-state index contributed by atoms with van der Waals surface area (Å²) in [6, 6.07) is 16.1. The molecule has 0 saturated heterocycles. The monoisotopic (exact) mass is 395 g/mol. The standard InChI is InChI=1S/C23H25NO3S/c1-3-4-10-23(25)20-13-16-22(19-8-6-5-7-9-19)24(17-20)28(26,27)21-14-11-18(2)12-15-21/h3,5-9,11-15,22H,1,4,10,16-17H2,2H3. The fraction of sp³-hybridized carbons (Fsp3) is 0.261. The van der Waals surface area contributed by atoms with E-state index in [9.17, 15) is 13.2 Å². The summed E-state index contributed by atoms with van der Waals surface area (Å²) in [5.74, 6) is -0.0180. The molecule has 0 bridgehead atoms. The van der Waals surface area contributed by atoms with Gasteiger partial charge in [0.05, 0.1) is 10.9 Å². The van der Waals surface area contributed by atoms with Crippen LogP contribution in [0.3, 0.4) is 0 Å². The van der Waals surface area contributed by atoms with E-state index in [1.165, 1.54) is 4.31 Å². The third-order valence-electron chi connectivity index (χ3n) is 5.01. The van der Waals surface area contributed by atoms with Gasteiger partial charge in [-0.1, -0.05) is 60.2 Å². The number of benzene rings is 2. The predicted molar refractivity (Wildman–Crippen MR) is 111 cm³/mol. The van der Waals surface area contributed by atoms with Crippen LogP contribution in [0.15, 0.2) is 83.8 Å². The van der Waals surface area contributed by atoms with E-state index in [1.807, 2.05) is 43.3 Å². The molecule has 4 nitrogen and oxygen atoms in total. The van der Waals surface area contributed by atoms with Crippen LogP contribution in [0.1, 0.15) is 36.4 Å². The highest BCUT2D eigenvalue weighted by atomic mass is 32.2. The quantitative estimate of drug-likeness (QED) is 0.644. The van der Waals surface area contributed by atoms with Crippen molar-refractivity contribution in [3.05, 3.63) is 90.0 Å². The molecule has 0 aliphatic carbocycles. The zero-order chi connectivity index (χ0) is 20.1. The number of allylic oxidation sites excluding steroid dienone is 1. The van der Waals surface area contributed by atoms with E-state index in [0.29, 0.717) is 24.8 Å². The van der Waals surface area contributed by atoms with Gasteiger partial charge >= 0.3 is 0 Å². The lowest BCUT2D eigenvalue weighted by molar-refractivity contribution is -0.115. The number of sulfonamides is 1. The number of hydrogen-bond acceptors (Lipinski definition) is 3. The van der Waals surface area contributed by atoms with Gasteiger partial charge in [-0.3, -0.25) is 4.79 Å². The average molecular weight is 396 g/mol. The first kappa shape index (κ1) is 20.2. The second-order valence-corrected chi connectivity index (χ2v) is 8.90. The van der Waals surface area contributed by atoms with Crippen molar-refractivity contribution >= 4 is 15.8 Å². The molecule has 1 unspecified atom stereocenters. The fourth-order valence-electron chi connectivity index (χ4n) is 3.39. The Morgan fingerprint density at radius 1 is 1.14 bits per heavy atom. The number of rotatable bonds is 7. The van der Waals surface area contributed by atoms with E-state index in [4.69, 9.17) is 0 Å². The third kappa shape index (κ3) is 4.32. The number of nitrogens with zero attached hydrogens (tertiary/aromatic N) is 1. The first-order valence-electron chi connectivity index (χ1n) is 9.40. The Bertz CT molecular complexity index is 976. The van der Waals surface area contributed by atoms with E-state index in [1.54, 1.807) is 30.3 Å². The van der Waals surface area contributed by atoms with Gasteiger partial charge in [0.1, 0.15) is 0 Å². The first-order chi connectivity index (χ1) is 13.4. The number of carbonyl (C=O) groups excluding carboxylic acids is 1. The predicted octanol–water partition coefficient (Wildman–Crippen LogP) is 4.59. The van der Waals surface area contributed by atoms with Gasteiger partial charge in [0.2, 0.25) is 10.0 Å². The summed E-state index contributed by atoms with van der Waals surface area (Å²) in [4.78, 5) is 12.8. The molecule has 0 amide bonds. The molecule has 146 valence electrons. The van der Waals surface area contributed by atoms with Crippen LogP contribution in [-0.2, 0) is 14.8 Å². The molecule has 1 atom stereocenters. The molecule has 0 radical (unpaired) electrons. The summed E-state index contributed by atoms with van der Waals surface area (Å²) in [5, 5.41) is 0. The van der Waals surface area contributed by atoms with Crippen molar-refractivity contribution in [2.24, 2.45) is 0 Å². The minimum Gasteiger partial charge on any atom is -0.295 e. The maximum absolute atomic E-state index is 13.4. The van der Waals surface area contributed by atoms with Gasteiger partial charge in [0.15, 0.2) is 5.78 Å². The van der Waals surface area contributed by atoms with Crippen LogP contribution in [0.2, 0.25) is 0 Å². The van der Waals surface area contributed by atoms with Gasteiger partial charge < -0.3 is 0 Å². The summed E-state index contributed by atoms with van der Waals surface area (Å²) in [6.07, 6.45) is 5.01. The molecule has 0 spiro atoms. The Morgan fingerprint density at radius 3 is 2.46 bits per heavy atom. The molecule has 0 fully saturated rings. The average Bonchev–Trinajstić information content (AvgIpc) is 2.72. The summed E-state index contributed by atoms with van der Waals surface area (Å²) >= 11 is 0. The lowest BCUT2D eigenvalue weighted by atomic mass is 9.95. The Balaban J connectivity index is 1.99. The molecule has 0 aromatic heterocycles. The van der Waals surface area contributed by atoms with Crippen molar-refractivity contribution in [3.8, 4) is 0 Å². The van der Waals surface area contributed by atoms with E-state index < -0.39 is 10.0 Å². The van der Waals surface area contributed by atoms with Crippen LogP contribution in [0, 0.1) is 6.92 Å². The van der Waals surface area contributed by atoms with Crippen LogP contribution in [0.25, 0.3) is 0 Å². The Hall–Kier alpha value is -2.50. The molecule has 28 heavy (non-hydrogen) atoms. The van der Waals surface area contributed by atoms with Crippen molar-refractivity contribution in [3.63, 3.8) is 0 Å². The molecule has 3 rings (SSSR count). The first-order valence-corrected chi connectivity index (χ1v) is 10.8. The van der Waals surface area contributed by atoms with Gasteiger partial charge in [-0.05, 0) is 37.5 Å². The molecular formula is C23H25NO3S. The minimum atomic E-state index is -3.74. The number of hydrogen-bond donors (Lipinski definition) is 0. The van der Waals surface area contributed by atoms with Crippen LogP contribution in [0.5, 0.6) is 0 Å². The van der Waals surface area contributed by atoms with Gasteiger partial charge in [-0.15, -0.1) is 6.58 Å². The van der Waals surface area contributed by atoms with Crippen molar-refractivity contribution in [1.82, 2.24) is 4.31 Å². The van der Waals surface area contributed by atoms with Crippen LogP contribution in [-0.4, -0.2) is 25.1 Å². The van der Waals surface area contributed by atoms with E-state index in [-0.39, 0.29) is 23.3 Å². The molecule has 5 heteroatoms. The maximum atomic E-state index is 13.4. The molecule has 0 N–H and O–H groups in total. The minimum absolute atomic E-state index is 0.0180. The highest BCUT2D eigenvalue weighted by Gasteiger charge is 2.36. The summed E-state index contributed by atoms with van der Waals surface area (Å²) in [7, 11) is -3.74. The van der Waals surface area contributed by atoms with Gasteiger partial charge in [-0.2, -0.15) is 4.31 Å². The molecule has 0 saturated carbocycles. The fourth-order valence-corrected chi connectivity index (χ4v) is 4.99. The Morgan fingerprint density at radius 2 is 1.82 bits per heavy atom. The SMILES string of the molecule is C=CCCC(=O)C1=CCC(c2ccccc2)N(S(=O)(=O)c2ccc(C)cc2)C1. The van der Waals surface area contributed by atoms with Crippen molar-refractivity contribution < 1.29 is 13.2 Å². The molecule has 1 aliphatic rings. The molecule has 2 aromatic carbocycles. The Labute approximate surface area is 167 Å². The number of aryl methyl sites for hydroxylation is 1. The van der Waals surface area contributed by atoms with Crippen molar-refractivity contribution in [2.75, 3.05) is 6.54 Å². The highest BCUT2D eigenvalue weighted by molar-refractivity contribution is 7.89. The van der Waals surface area contributed by atoms with E-state index in [2.05, 4.69) is 6.58 Å². The van der Waals surface area contributed by atoms with Crippen LogP contribution >= 0.6 is 0 Å². The second kappa shape index (κ2) is 8.67. The lowest BCUT2D eigenvalue weighted by Crippen LogP contribution is -2.39. The Kier molecular flexibility index (Phi) is 6.27. The highest BCUT2D eigenvalue weighted by Crippen LogP contribution is 2.35. The zero-order valence-electron chi connectivity index (χ0n) is 16.0. The van der Waals surface area contributed by atoms with Crippen LogP contribution in [0.4, 0.5) is 0 Å². The molecule has 1 heterocycles. The smallest absolute Gasteiger partial charge is 0.243 e. The third-order valence-corrected chi connectivity index (χ3v) is 6.88. The summed E-state index contributed by atoms with van der Waals surface area (Å²) < 4.78 is 28.3. The van der Waals surface area contributed by atoms with Gasteiger partial charge in [-0.25, -0.2) is 8.42 Å². The number of ketones is 1. The molecular weight excluding hydrogens is 370 g/mol. The largest absolute Gasteiger partial charge is 0.295 e. The molecule has 2 aromatic rings. The van der Waals surface area contributed by atoms with E-state index in [0.717, 1.165) is 11.1 Å². The van der Waals surface area contributed by atoms with Gasteiger partial charge in [0.25, 0.3) is 0 Å². The van der Waals surface area contributed by atoms with Crippen LogP contribution < -0.4 is 0 Å². The topological polar surface area (TPSA) is 54.5 Å². The maximum Gasteiger partial charge on any atom is 0.243 e. The summed E-state index contributed by atoms with van der Waals surface area (Å²) in [6.45, 7) is 5.66. The summed E-state index contributed by atoms with van der Waals surface area (Å²) in [5.41, 5.74) is 2.48. The lowest BCUT2D eigenvalue weighted by Gasteiger charge is -2.34. The number of carbonyl (C=O) groups is 1. The normalized spacial score (nSPS) is 17.8. The zero-order valence-corrected chi connectivity index (χ0v) is 16.9. The van der Waals surface area contributed by atoms with Crippen molar-refractivity contribution in [1.29, 1.82) is 0 Å². The molecule has 1 aliphatic heterocycles. The number of Topliss-reactive ketones (excluding diaryl/α,β-unsaturated/α-hetero) is 1.